The molecule has 0 aliphatic carbocycles. The summed E-state index contributed by atoms with van der Waals surface area (Å²) in [6, 6.07) is 7.32. The number of rotatable bonds is 6. The molecule has 1 aromatic rings. The number of halogens is 1. The van der Waals surface area contributed by atoms with Crippen LogP contribution in [0.2, 0.25) is 5.02 Å². The van der Waals surface area contributed by atoms with Gasteiger partial charge in [-0.05, 0) is 44.0 Å². The molecule has 0 bridgehead atoms. The van der Waals surface area contributed by atoms with Crippen molar-refractivity contribution < 1.29 is 9.53 Å². The van der Waals surface area contributed by atoms with Gasteiger partial charge in [0.2, 0.25) is 5.91 Å². The largest absolute Gasteiger partial charge is 0.492 e. The predicted molar refractivity (Wildman–Crippen MR) is 117 cm³/mol. The molecule has 7 nitrogen and oxygen atoms in total. The SMILES string of the molecule is CN=C(NCCOc1ccc(Cl)cc1)N1CCN(C(C)C(=O)N2CCCC2)CC1. The third-order valence-electron chi connectivity index (χ3n) is 5.62. The third-order valence-corrected chi connectivity index (χ3v) is 5.87. The number of hydrogen-bond donors (Lipinski definition) is 1. The maximum atomic E-state index is 12.6. The number of aliphatic imine (C=N–C) groups is 1. The lowest BCUT2D eigenvalue weighted by Gasteiger charge is -2.39. The molecular formula is C21H32ClN5O2. The Morgan fingerprint density at radius 1 is 1.10 bits per heavy atom. The van der Waals surface area contributed by atoms with Crippen molar-refractivity contribution in [3.8, 4) is 5.75 Å². The van der Waals surface area contributed by atoms with Gasteiger partial charge in [0.1, 0.15) is 12.4 Å². The Balaban J connectivity index is 1.39. The number of hydrogen-bond acceptors (Lipinski definition) is 4. The van der Waals surface area contributed by atoms with Gasteiger partial charge in [-0.3, -0.25) is 14.7 Å². The molecule has 160 valence electrons. The Morgan fingerprint density at radius 2 is 1.76 bits per heavy atom. The minimum atomic E-state index is -0.0435. The molecular weight excluding hydrogens is 390 g/mol. The highest BCUT2D eigenvalue weighted by molar-refractivity contribution is 6.30. The van der Waals surface area contributed by atoms with Crippen molar-refractivity contribution in [3.05, 3.63) is 29.3 Å². The van der Waals surface area contributed by atoms with Crippen LogP contribution in [-0.4, -0.2) is 92.1 Å². The summed E-state index contributed by atoms with van der Waals surface area (Å²) in [5, 5.41) is 4.06. The Bertz CT molecular complexity index is 683. The van der Waals surface area contributed by atoms with Crippen molar-refractivity contribution >= 4 is 23.5 Å². The molecule has 2 heterocycles. The maximum Gasteiger partial charge on any atom is 0.239 e. The molecule has 3 rings (SSSR count). The summed E-state index contributed by atoms with van der Waals surface area (Å²) in [6.45, 7) is 8.52. The number of nitrogens with zero attached hydrogens (tertiary/aromatic N) is 4. The number of ether oxygens (including phenoxy) is 1. The standard InChI is InChI=1S/C21H32ClN5O2/c1-17(20(28)26-10-3-4-11-26)25-12-14-27(15-13-25)21(23-2)24-9-16-29-19-7-5-18(22)6-8-19/h5-8,17H,3-4,9-16H2,1-2H3,(H,23,24). The molecule has 0 spiro atoms. The lowest BCUT2D eigenvalue weighted by molar-refractivity contribution is -0.135. The first-order valence-electron chi connectivity index (χ1n) is 10.5. The normalized spacial score (nSPS) is 19.3. The van der Waals surface area contributed by atoms with Crippen molar-refractivity contribution in [1.82, 2.24) is 20.0 Å². The van der Waals surface area contributed by atoms with Crippen LogP contribution < -0.4 is 10.1 Å². The van der Waals surface area contributed by atoms with Crippen molar-refractivity contribution in [2.75, 3.05) is 59.5 Å². The quantitative estimate of drug-likeness (QED) is 0.432. The fourth-order valence-electron chi connectivity index (χ4n) is 3.87. The van der Waals surface area contributed by atoms with Crippen LogP contribution in [0.4, 0.5) is 0 Å². The summed E-state index contributed by atoms with van der Waals surface area (Å²) < 4.78 is 5.72. The zero-order valence-corrected chi connectivity index (χ0v) is 18.2. The van der Waals surface area contributed by atoms with Gasteiger partial charge in [-0.25, -0.2) is 0 Å². The van der Waals surface area contributed by atoms with Gasteiger partial charge in [-0.15, -0.1) is 0 Å². The fraction of sp³-hybridized carbons (Fsp3) is 0.619. The van der Waals surface area contributed by atoms with E-state index in [-0.39, 0.29) is 11.9 Å². The van der Waals surface area contributed by atoms with Crippen LogP contribution in [0.25, 0.3) is 0 Å². The third kappa shape index (κ3) is 6.00. The predicted octanol–water partition coefficient (Wildman–Crippen LogP) is 1.92. The van der Waals surface area contributed by atoms with Gasteiger partial charge >= 0.3 is 0 Å². The molecule has 2 saturated heterocycles. The van der Waals surface area contributed by atoms with E-state index in [1.54, 1.807) is 7.05 Å². The monoisotopic (exact) mass is 421 g/mol. The van der Waals surface area contributed by atoms with E-state index in [0.717, 1.165) is 63.8 Å². The lowest BCUT2D eigenvalue weighted by Crippen LogP contribution is -2.57. The number of carbonyl (C=O) groups excluding carboxylic acids is 1. The second kappa shape index (κ2) is 10.7. The van der Waals surface area contributed by atoms with E-state index in [4.69, 9.17) is 16.3 Å². The summed E-state index contributed by atoms with van der Waals surface area (Å²) in [5.41, 5.74) is 0. The second-order valence-corrected chi connectivity index (χ2v) is 7.94. The van der Waals surface area contributed by atoms with E-state index in [1.807, 2.05) is 36.1 Å². The first kappa shape index (κ1) is 21.7. The van der Waals surface area contributed by atoms with E-state index < -0.39 is 0 Å². The number of guanidine groups is 1. The van der Waals surface area contributed by atoms with Crippen LogP contribution in [0.1, 0.15) is 19.8 Å². The van der Waals surface area contributed by atoms with Crippen LogP contribution >= 0.6 is 11.6 Å². The topological polar surface area (TPSA) is 60.4 Å². The van der Waals surface area contributed by atoms with Gasteiger partial charge < -0.3 is 19.9 Å². The maximum absolute atomic E-state index is 12.6. The Morgan fingerprint density at radius 3 is 2.38 bits per heavy atom. The smallest absolute Gasteiger partial charge is 0.239 e. The van der Waals surface area contributed by atoms with Gasteiger partial charge in [0.15, 0.2) is 5.96 Å². The molecule has 1 amide bonds. The number of amides is 1. The van der Waals surface area contributed by atoms with E-state index in [2.05, 4.69) is 20.1 Å². The van der Waals surface area contributed by atoms with Gasteiger partial charge in [0.05, 0.1) is 12.6 Å². The lowest BCUT2D eigenvalue weighted by atomic mass is 10.2. The van der Waals surface area contributed by atoms with Crippen molar-refractivity contribution in [2.45, 2.75) is 25.8 Å². The second-order valence-electron chi connectivity index (χ2n) is 7.51. The Kier molecular flexibility index (Phi) is 8.00. The molecule has 0 radical (unpaired) electrons. The Hall–Kier alpha value is -1.99. The van der Waals surface area contributed by atoms with Gasteiger partial charge in [-0.1, -0.05) is 11.6 Å². The average Bonchev–Trinajstić information content (AvgIpc) is 3.29. The van der Waals surface area contributed by atoms with E-state index in [0.29, 0.717) is 18.2 Å². The molecule has 2 fully saturated rings. The summed E-state index contributed by atoms with van der Waals surface area (Å²) in [6.07, 6.45) is 2.27. The number of likely N-dealkylation sites (tertiary alicyclic amines) is 1. The molecule has 1 aromatic carbocycles. The first-order valence-corrected chi connectivity index (χ1v) is 10.8. The highest BCUT2D eigenvalue weighted by Crippen LogP contribution is 2.15. The van der Waals surface area contributed by atoms with E-state index >= 15 is 0 Å². The Labute approximate surface area is 178 Å². The molecule has 1 N–H and O–H groups in total. The number of piperazine rings is 1. The molecule has 1 unspecified atom stereocenters. The zero-order valence-electron chi connectivity index (χ0n) is 17.4. The van der Waals surface area contributed by atoms with Gasteiger partial charge in [0, 0.05) is 51.3 Å². The molecule has 8 heteroatoms. The highest BCUT2D eigenvalue weighted by Gasteiger charge is 2.30. The van der Waals surface area contributed by atoms with Crippen LogP contribution in [0, 0.1) is 0 Å². The van der Waals surface area contributed by atoms with Crippen molar-refractivity contribution in [2.24, 2.45) is 4.99 Å². The molecule has 0 saturated carbocycles. The minimum Gasteiger partial charge on any atom is -0.492 e. The molecule has 29 heavy (non-hydrogen) atoms. The molecule has 0 aromatic heterocycles. The van der Waals surface area contributed by atoms with Crippen molar-refractivity contribution in [1.29, 1.82) is 0 Å². The number of carbonyl (C=O) groups is 1. The summed E-state index contributed by atoms with van der Waals surface area (Å²) in [4.78, 5) is 23.6. The van der Waals surface area contributed by atoms with Crippen LogP contribution in [-0.2, 0) is 4.79 Å². The van der Waals surface area contributed by atoms with Crippen LogP contribution in [0.5, 0.6) is 5.75 Å². The van der Waals surface area contributed by atoms with Gasteiger partial charge in [-0.2, -0.15) is 0 Å². The van der Waals surface area contributed by atoms with Crippen LogP contribution in [0.15, 0.2) is 29.3 Å². The molecule has 2 aliphatic heterocycles. The summed E-state index contributed by atoms with van der Waals surface area (Å²) in [7, 11) is 1.80. The highest BCUT2D eigenvalue weighted by atomic mass is 35.5. The fourth-order valence-corrected chi connectivity index (χ4v) is 4.00. The first-order chi connectivity index (χ1) is 14.1. The van der Waals surface area contributed by atoms with Crippen molar-refractivity contribution in [3.63, 3.8) is 0 Å². The molecule has 1 atom stereocenters. The average molecular weight is 422 g/mol. The van der Waals surface area contributed by atoms with Gasteiger partial charge in [0.25, 0.3) is 0 Å². The zero-order chi connectivity index (χ0) is 20.6. The number of benzene rings is 1. The summed E-state index contributed by atoms with van der Waals surface area (Å²) in [5.74, 6) is 1.96. The minimum absolute atomic E-state index is 0.0435. The number of nitrogens with one attached hydrogen (secondary N) is 1. The van der Waals surface area contributed by atoms with Crippen LogP contribution in [0.3, 0.4) is 0 Å². The van der Waals surface area contributed by atoms with E-state index in [1.165, 1.54) is 0 Å². The van der Waals surface area contributed by atoms with E-state index in [9.17, 15) is 4.79 Å². The summed E-state index contributed by atoms with van der Waals surface area (Å²) >= 11 is 5.89. The molecule has 2 aliphatic rings.